The van der Waals surface area contributed by atoms with Crippen LogP contribution in [0.5, 0.6) is 0 Å². The van der Waals surface area contributed by atoms with Gasteiger partial charge in [0.05, 0.1) is 11.7 Å². The highest BCUT2D eigenvalue weighted by Crippen LogP contribution is 2.25. The van der Waals surface area contributed by atoms with E-state index in [1.54, 1.807) is 0 Å². The summed E-state index contributed by atoms with van der Waals surface area (Å²) in [5.74, 6) is 1.05. The van der Waals surface area contributed by atoms with Crippen molar-refractivity contribution >= 4 is 5.82 Å². The summed E-state index contributed by atoms with van der Waals surface area (Å²) in [7, 11) is 1.96. The molecule has 18 heavy (non-hydrogen) atoms. The van der Waals surface area contributed by atoms with E-state index in [2.05, 4.69) is 48.1 Å². The maximum absolute atomic E-state index is 5.92. The number of ether oxygens (including phenoxy) is 1. The summed E-state index contributed by atoms with van der Waals surface area (Å²) < 4.78 is 5.92. The number of morpholine rings is 1. The Bertz CT molecular complexity index is 406. The number of aromatic nitrogens is 1. The zero-order valence-electron chi connectivity index (χ0n) is 11.7. The molecule has 1 N–H and O–H groups in total. The smallest absolute Gasteiger partial charge is 0.128 e. The molecule has 4 heteroatoms. The third-order valence-electron chi connectivity index (χ3n) is 3.08. The van der Waals surface area contributed by atoms with Gasteiger partial charge < -0.3 is 15.0 Å². The van der Waals surface area contributed by atoms with Crippen molar-refractivity contribution < 1.29 is 4.74 Å². The van der Waals surface area contributed by atoms with Gasteiger partial charge in [-0.15, -0.1) is 0 Å². The molecule has 1 saturated heterocycles. The predicted molar refractivity (Wildman–Crippen MR) is 73.8 cm³/mol. The van der Waals surface area contributed by atoms with Gasteiger partial charge in [0.1, 0.15) is 5.82 Å². The fourth-order valence-corrected chi connectivity index (χ4v) is 2.58. The first-order valence-electron chi connectivity index (χ1n) is 6.52. The van der Waals surface area contributed by atoms with Crippen molar-refractivity contribution in [2.75, 3.05) is 25.0 Å². The normalized spacial score (nSPS) is 23.1. The van der Waals surface area contributed by atoms with Crippen molar-refractivity contribution in [3.05, 3.63) is 23.9 Å². The summed E-state index contributed by atoms with van der Waals surface area (Å²) in [5, 5.41) is 3.17. The van der Waals surface area contributed by atoms with Crippen LogP contribution in [0, 0.1) is 0 Å². The maximum Gasteiger partial charge on any atom is 0.128 e. The fraction of sp³-hybridized carbons (Fsp3) is 0.643. The van der Waals surface area contributed by atoms with Crippen LogP contribution in [-0.2, 0) is 11.3 Å². The molecule has 0 amide bonds. The number of rotatable bonds is 3. The van der Waals surface area contributed by atoms with E-state index in [1.165, 1.54) is 5.56 Å². The molecule has 0 aromatic carbocycles. The highest BCUT2D eigenvalue weighted by Gasteiger charge is 2.31. The lowest BCUT2D eigenvalue weighted by molar-refractivity contribution is -0.0751. The molecular weight excluding hydrogens is 226 g/mol. The van der Waals surface area contributed by atoms with Gasteiger partial charge in [-0.05, 0) is 45.5 Å². The molecule has 0 spiro atoms. The van der Waals surface area contributed by atoms with Gasteiger partial charge in [0.2, 0.25) is 0 Å². The van der Waals surface area contributed by atoms with E-state index < -0.39 is 0 Å². The van der Waals surface area contributed by atoms with Crippen LogP contribution in [0.1, 0.15) is 26.3 Å². The molecular formula is C14H23N3O. The van der Waals surface area contributed by atoms with Gasteiger partial charge in [0.25, 0.3) is 0 Å². The van der Waals surface area contributed by atoms with E-state index in [-0.39, 0.29) is 11.7 Å². The Morgan fingerprint density at radius 1 is 1.56 bits per heavy atom. The second-order valence-electron chi connectivity index (χ2n) is 5.62. The number of nitrogens with zero attached hydrogens (tertiary/aromatic N) is 2. The Balaban J connectivity index is 2.17. The SMILES string of the molecule is CNCc1ccnc(N2CC(C)OC(C)(C)C2)c1. The minimum absolute atomic E-state index is 0.113. The molecule has 0 radical (unpaired) electrons. The van der Waals surface area contributed by atoms with Gasteiger partial charge in [-0.3, -0.25) is 0 Å². The first-order valence-corrected chi connectivity index (χ1v) is 6.52. The zero-order valence-corrected chi connectivity index (χ0v) is 11.7. The summed E-state index contributed by atoms with van der Waals surface area (Å²) in [6.07, 6.45) is 2.12. The van der Waals surface area contributed by atoms with E-state index in [1.807, 2.05) is 13.2 Å². The Labute approximate surface area is 109 Å². The second kappa shape index (κ2) is 5.24. The molecule has 1 fully saturated rings. The third kappa shape index (κ3) is 3.21. The Kier molecular flexibility index (Phi) is 3.88. The van der Waals surface area contributed by atoms with Gasteiger partial charge in [-0.1, -0.05) is 0 Å². The van der Waals surface area contributed by atoms with Crippen LogP contribution >= 0.6 is 0 Å². The Morgan fingerprint density at radius 3 is 3.00 bits per heavy atom. The standard InChI is InChI=1S/C14H23N3O/c1-11-9-17(10-14(2,3)18-11)13-7-12(8-15-4)5-6-16-13/h5-7,11,15H,8-10H2,1-4H3. The maximum atomic E-state index is 5.92. The lowest BCUT2D eigenvalue weighted by Gasteiger charge is -2.42. The van der Waals surface area contributed by atoms with Crippen LogP contribution in [0.25, 0.3) is 0 Å². The van der Waals surface area contributed by atoms with Crippen molar-refractivity contribution in [3.8, 4) is 0 Å². The number of hydrogen-bond donors (Lipinski definition) is 1. The third-order valence-corrected chi connectivity index (χ3v) is 3.08. The number of nitrogens with one attached hydrogen (secondary N) is 1. The lowest BCUT2D eigenvalue weighted by Crippen LogP contribution is -2.52. The summed E-state index contributed by atoms with van der Waals surface area (Å²) in [4.78, 5) is 6.80. The average Bonchev–Trinajstić information content (AvgIpc) is 2.27. The minimum atomic E-state index is -0.113. The van der Waals surface area contributed by atoms with Crippen LogP contribution in [0.3, 0.4) is 0 Å². The molecule has 0 saturated carbocycles. The van der Waals surface area contributed by atoms with E-state index >= 15 is 0 Å². The quantitative estimate of drug-likeness (QED) is 0.886. The highest BCUT2D eigenvalue weighted by molar-refractivity contribution is 5.42. The molecule has 1 aliphatic rings. The molecule has 1 aromatic heterocycles. The predicted octanol–water partition coefficient (Wildman–Crippen LogP) is 1.80. The number of anilines is 1. The zero-order chi connectivity index (χ0) is 13.2. The van der Waals surface area contributed by atoms with Crippen molar-refractivity contribution in [1.82, 2.24) is 10.3 Å². The molecule has 100 valence electrons. The summed E-state index contributed by atoms with van der Waals surface area (Å²) >= 11 is 0. The largest absolute Gasteiger partial charge is 0.369 e. The number of pyridine rings is 1. The number of hydrogen-bond acceptors (Lipinski definition) is 4. The highest BCUT2D eigenvalue weighted by atomic mass is 16.5. The van der Waals surface area contributed by atoms with E-state index in [4.69, 9.17) is 4.74 Å². The fourth-order valence-electron chi connectivity index (χ4n) is 2.58. The van der Waals surface area contributed by atoms with Gasteiger partial charge in [0, 0.05) is 25.8 Å². The summed E-state index contributed by atoms with van der Waals surface area (Å²) in [6, 6.07) is 4.21. The second-order valence-corrected chi connectivity index (χ2v) is 5.62. The van der Waals surface area contributed by atoms with Crippen LogP contribution in [-0.4, -0.2) is 36.8 Å². The van der Waals surface area contributed by atoms with Gasteiger partial charge in [0.15, 0.2) is 0 Å². The van der Waals surface area contributed by atoms with Crippen LogP contribution in [0.4, 0.5) is 5.82 Å². The molecule has 1 unspecified atom stereocenters. The van der Waals surface area contributed by atoms with Gasteiger partial charge in [-0.25, -0.2) is 4.98 Å². The molecule has 0 aliphatic carbocycles. The van der Waals surface area contributed by atoms with Crippen molar-refractivity contribution in [2.24, 2.45) is 0 Å². The van der Waals surface area contributed by atoms with Crippen LogP contribution < -0.4 is 10.2 Å². The van der Waals surface area contributed by atoms with Gasteiger partial charge >= 0.3 is 0 Å². The van der Waals surface area contributed by atoms with Crippen molar-refractivity contribution in [3.63, 3.8) is 0 Å². The topological polar surface area (TPSA) is 37.4 Å². The van der Waals surface area contributed by atoms with Crippen LogP contribution in [0.15, 0.2) is 18.3 Å². The summed E-state index contributed by atoms with van der Waals surface area (Å²) in [5.41, 5.74) is 1.15. The minimum Gasteiger partial charge on any atom is -0.369 e. The molecule has 2 heterocycles. The van der Waals surface area contributed by atoms with E-state index in [0.29, 0.717) is 0 Å². The summed E-state index contributed by atoms with van der Waals surface area (Å²) in [6.45, 7) is 9.04. The van der Waals surface area contributed by atoms with Crippen molar-refractivity contribution in [1.29, 1.82) is 0 Å². The molecule has 2 rings (SSSR count). The molecule has 1 aliphatic heterocycles. The Hall–Kier alpha value is -1.13. The molecule has 1 aromatic rings. The van der Waals surface area contributed by atoms with E-state index in [9.17, 15) is 0 Å². The van der Waals surface area contributed by atoms with E-state index in [0.717, 1.165) is 25.5 Å². The van der Waals surface area contributed by atoms with Gasteiger partial charge in [-0.2, -0.15) is 0 Å². The molecule has 1 atom stereocenters. The lowest BCUT2D eigenvalue weighted by atomic mass is 10.1. The Morgan fingerprint density at radius 2 is 2.33 bits per heavy atom. The molecule has 0 bridgehead atoms. The van der Waals surface area contributed by atoms with Crippen LogP contribution in [0.2, 0.25) is 0 Å². The average molecular weight is 249 g/mol. The first-order chi connectivity index (χ1) is 8.50. The monoisotopic (exact) mass is 249 g/mol. The van der Waals surface area contributed by atoms with Crippen molar-refractivity contribution in [2.45, 2.75) is 39.0 Å². The molecule has 4 nitrogen and oxygen atoms in total. The first kappa shape index (κ1) is 13.3.